The van der Waals surface area contributed by atoms with Crippen molar-refractivity contribution in [2.75, 3.05) is 0 Å². The van der Waals surface area contributed by atoms with Crippen molar-refractivity contribution in [1.82, 2.24) is 4.98 Å². The van der Waals surface area contributed by atoms with Crippen LogP contribution >= 0.6 is 0 Å². The van der Waals surface area contributed by atoms with Crippen LogP contribution in [-0.2, 0) is 0 Å². The van der Waals surface area contributed by atoms with Crippen LogP contribution in [0.15, 0.2) is 24.3 Å². The third-order valence-corrected chi connectivity index (χ3v) is 3.34. The van der Waals surface area contributed by atoms with Gasteiger partial charge in [0.15, 0.2) is 5.78 Å². The molecule has 0 radical (unpaired) electrons. The van der Waals surface area contributed by atoms with Crippen molar-refractivity contribution in [3.63, 3.8) is 0 Å². The molecule has 0 spiro atoms. The van der Waals surface area contributed by atoms with Gasteiger partial charge in [0, 0.05) is 28.6 Å². The first-order valence-corrected chi connectivity index (χ1v) is 5.86. The molecule has 3 rings (SSSR count). The third-order valence-electron chi connectivity index (χ3n) is 3.34. The van der Waals surface area contributed by atoms with Gasteiger partial charge in [0.1, 0.15) is 0 Å². The first-order chi connectivity index (χ1) is 7.75. The molecule has 2 aromatic rings. The van der Waals surface area contributed by atoms with Gasteiger partial charge in [-0.15, -0.1) is 0 Å². The first-order valence-electron chi connectivity index (χ1n) is 5.86. The highest BCUT2D eigenvalue weighted by molar-refractivity contribution is 6.09. The molecule has 0 unspecified atom stereocenters. The van der Waals surface area contributed by atoms with Crippen LogP contribution in [0.1, 0.15) is 35.3 Å². The average Bonchev–Trinajstić information content (AvgIpc) is 2.98. The summed E-state index contributed by atoms with van der Waals surface area (Å²) in [7, 11) is 0. The molecule has 1 saturated carbocycles. The Balaban J connectivity index is 2.06. The highest BCUT2D eigenvalue weighted by Crippen LogP contribution is 2.35. The molecule has 1 aromatic carbocycles. The van der Waals surface area contributed by atoms with Crippen LogP contribution in [0.3, 0.4) is 0 Å². The van der Waals surface area contributed by atoms with E-state index in [1.165, 1.54) is 12.8 Å². The van der Waals surface area contributed by atoms with Crippen LogP contribution < -0.4 is 0 Å². The molecule has 0 saturated heterocycles. The third kappa shape index (κ3) is 1.54. The van der Waals surface area contributed by atoms with Crippen LogP contribution in [-0.4, -0.2) is 10.8 Å². The zero-order valence-corrected chi connectivity index (χ0v) is 9.42. The Morgan fingerprint density at radius 2 is 2.12 bits per heavy atom. The van der Waals surface area contributed by atoms with Gasteiger partial charge in [0.25, 0.3) is 0 Å². The molecule has 2 heteroatoms. The maximum absolute atomic E-state index is 12.2. The van der Waals surface area contributed by atoms with Gasteiger partial charge in [-0.25, -0.2) is 0 Å². The average molecular weight is 213 g/mol. The summed E-state index contributed by atoms with van der Waals surface area (Å²) < 4.78 is 0. The minimum absolute atomic E-state index is 0.303. The maximum atomic E-state index is 12.2. The van der Waals surface area contributed by atoms with E-state index in [0.717, 1.165) is 28.6 Å². The number of aromatic nitrogens is 1. The van der Waals surface area contributed by atoms with E-state index in [1.54, 1.807) is 0 Å². The van der Waals surface area contributed by atoms with Crippen molar-refractivity contribution >= 4 is 16.7 Å². The molecule has 1 N–H and O–H groups in total. The highest BCUT2D eigenvalue weighted by Gasteiger charge is 2.26. The quantitative estimate of drug-likeness (QED) is 0.778. The summed E-state index contributed by atoms with van der Waals surface area (Å²) in [6, 6.07) is 8.03. The molecule has 82 valence electrons. The number of rotatable bonds is 3. The zero-order chi connectivity index (χ0) is 11.1. The molecule has 2 nitrogen and oxygen atoms in total. The molecule has 0 amide bonds. The fourth-order valence-corrected chi connectivity index (χ4v) is 2.32. The zero-order valence-electron chi connectivity index (χ0n) is 9.42. The summed E-state index contributed by atoms with van der Waals surface area (Å²) in [5, 5.41) is 1.07. The SMILES string of the molecule is Cc1[nH]c2ccccc2c1C(=O)CC1CC1. The molecule has 1 aromatic heterocycles. The fourth-order valence-electron chi connectivity index (χ4n) is 2.32. The van der Waals surface area contributed by atoms with E-state index in [4.69, 9.17) is 0 Å². The summed E-state index contributed by atoms with van der Waals surface area (Å²) in [6.45, 7) is 1.99. The number of carbonyl (C=O) groups excluding carboxylic acids is 1. The van der Waals surface area contributed by atoms with Gasteiger partial charge in [0.2, 0.25) is 0 Å². The molecule has 1 aliphatic carbocycles. The van der Waals surface area contributed by atoms with Gasteiger partial charge in [-0.3, -0.25) is 4.79 Å². The topological polar surface area (TPSA) is 32.9 Å². The number of benzene rings is 1. The fraction of sp³-hybridized carbons (Fsp3) is 0.357. The Labute approximate surface area is 94.7 Å². The van der Waals surface area contributed by atoms with Gasteiger partial charge in [0.05, 0.1) is 0 Å². The molecular weight excluding hydrogens is 198 g/mol. The minimum atomic E-state index is 0.303. The smallest absolute Gasteiger partial charge is 0.165 e. The summed E-state index contributed by atoms with van der Waals surface area (Å²) in [6.07, 6.45) is 3.18. The normalized spacial score (nSPS) is 15.6. The lowest BCUT2D eigenvalue weighted by atomic mass is 10.0. The molecular formula is C14H15NO. The van der Waals surface area contributed by atoms with Gasteiger partial charge in [-0.05, 0) is 31.7 Å². The van der Waals surface area contributed by atoms with E-state index in [9.17, 15) is 4.79 Å². The lowest BCUT2D eigenvalue weighted by Gasteiger charge is -1.99. The Bertz CT molecular complexity index is 549. The number of aromatic amines is 1. The standard InChI is InChI=1S/C14H15NO/c1-9-14(13(16)8-10-6-7-10)11-4-2-3-5-12(11)15-9/h2-5,10,15H,6-8H2,1H3. The number of para-hydroxylation sites is 1. The van der Waals surface area contributed by atoms with Crippen molar-refractivity contribution in [2.45, 2.75) is 26.2 Å². The maximum Gasteiger partial charge on any atom is 0.165 e. The predicted octanol–water partition coefficient (Wildman–Crippen LogP) is 3.46. The van der Waals surface area contributed by atoms with E-state index < -0.39 is 0 Å². The van der Waals surface area contributed by atoms with E-state index in [-0.39, 0.29) is 0 Å². The molecule has 1 aliphatic rings. The number of H-pyrrole nitrogens is 1. The van der Waals surface area contributed by atoms with Crippen LogP contribution in [0.5, 0.6) is 0 Å². The van der Waals surface area contributed by atoms with Gasteiger partial charge in [-0.2, -0.15) is 0 Å². The Hall–Kier alpha value is -1.57. The van der Waals surface area contributed by atoms with Gasteiger partial charge >= 0.3 is 0 Å². The van der Waals surface area contributed by atoms with Crippen molar-refractivity contribution in [2.24, 2.45) is 5.92 Å². The van der Waals surface area contributed by atoms with E-state index >= 15 is 0 Å². The molecule has 0 aliphatic heterocycles. The number of carbonyl (C=O) groups is 1. The second kappa shape index (κ2) is 3.48. The number of Topliss-reactive ketones (excluding diaryl/α,β-unsaturated/α-hetero) is 1. The van der Waals surface area contributed by atoms with Gasteiger partial charge in [-0.1, -0.05) is 18.2 Å². The monoisotopic (exact) mass is 213 g/mol. The molecule has 1 fully saturated rings. The number of hydrogen-bond donors (Lipinski definition) is 1. The van der Waals surface area contributed by atoms with E-state index in [1.807, 2.05) is 31.2 Å². The molecule has 0 bridgehead atoms. The highest BCUT2D eigenvalue weighted by atomic mass is 16.1. The van der Waals surface area contributed by atoms with Crippen molar-refractivity contribution < 1.29 is 4.79 Å². The number of nitrogens with one attached hydrogen (secondary N) is 1. The second-order valence-corrected chi connectivity index (χ2v) is 4.74. The van der Waals surface area contributed by atoms with Gasteiger partial charge < -0.3 is 4.98 Å². The van der Waals surface area contributed by atoms with Crippen LogP contribution in [0, 0.1) is 12.8 Å². The first kappa shape index (κ1) is 9.64. The number of fused-ring (bicyclic) bond motifs is 1. The molecule has 1 heterocycles. The predicted molar refractivity (Wildman–Crippen MR) is 64.7 cm³/mol. The minimum Gasteiger partial charge on any atom is -0.358 e. The van der Waals surface area contributed by atoms with Crippen LogP contribution in [0.4, 0.5) is 0 Å². The van der Waals surface area contributed by atoms with E-state index in [0.29, 0.717) is 11.7 Å². The number of aryl methyl sites for hydroxylation is 1. The van der Waals surface area contributed by atoms with Crippen molar-refractivity contribution in [3.8, 4) is 0 Å². The van der Waals surface area contributed by atoms with Crippen LogP contribution in [0.25, 0.3) is 10.9 Å². The Kier molecular flexibility index (Phi) is 2.10. The number of hydrogen-bond acceptors (Lipinski definition) is 1. The van der Waals surface area contributed by atoms with Crippen LogP contribution in [0.2, 0.25) is 0 Å². The lowest BCUT2D eigenvalue weighted by molar-refractivity contribution is 0.0977. The molecule has 0 atom stereocenters. The largest absolute Gasteiger partial charge is 0.358 e. The molecule has 16 heavy (non-hydrogen) atoms. The number of ketones is 1. The summed E-state index contributed by atoms with van der Waals surface area (Å²) in [4.78, 5) is 15.5. The summed E-state index contributed by atoms with van der Waals surface area (Å²) >= 11 is 0. The van der Waals surface area contributed by atoms with Crippen molar-refractivity contribution in [1.29, 1.82) is 0 Å². The van der Waals surface area contributed by atoms with E-state index in [2.05, 4.69) is 4.98 Å². The summed E-state index contributed by atoms with van der Waals surface area (Å²) in [5.41, 5.74) is 2.98. The Morgan fingerprint density at radius 1 is 1.38 bits per heavy atom. The van der Waals surface area contributed by atoms with Crippen molar-refractivity contribution in [3.05, 3.63) is 35.5 Å². The second-order valence-electron chi connectivity index (χ2n) is 4.74. The Morgan fingerprint density at radius 3 is 2.88 bits per heavy atom. The summed E-state index contributed by atoms with van der Waals surface area (Å²) in [5.74, 6) is 0.956. The lowest BCUT2D eigenvalue weighted by Crippen LogP contribution is -2.01.